The van der Waals surface area contributed by atoms with E-state index in [4.69, 9.17) is 10.00 Å². The minimum Gasteiger partial charge on any atom is -0.369 e. The lowest BCUT2D eigenvalue weighted by Crippen LogP contribution is -2.28. The zero-order chi connectivity index (χ0) is 14.3. The van der Waals surface area contributed by atoms with E-state index in [2.05, 4.69) is 19.2 Å². The third-order valence-electron chi connectivity index (χ3n) is 2.71. The number of hydrogen-bond donors (Lipinski definition) is 1. The molecule has 0 aromatic heterocycles. The van der Waals surface area contributed by atoms with Crippen molar-refractivity contribution >= 4 is 11.6 Å². The molecule has 0 aliphatic carbocycles. The fourth-order valence-corrected chi connectivity index (χ4v) is 1.43. The zero-order valence-electron chi connectivity index (χ0n) is 11.6. The van der Waals surface area contributed by atoms with Crippen molar-refractivity contribution < 1.29 is 9.53 Å². The van der Waals surface area contributed by atoms with Gasteiger partial charge in [0.2, 0.25) is 0 Å². The van der Waals surface area contributed by atoms with Crippen LogP contribution in [-0.2, 0) is 9.53 Å². The van der Waals surface area contributed by atoms with Crippen LogP contribution < -0.4 is 5.32 Å². The topological polar surface area (TPSA) is 62.1 Å². The van der Waals surface area contributed by atoms with Crippen molar-refractivity contribution in [1.82, 2.24) is 0 Å². The molecule has 0 saturated carbocycles. The Labute approximate surface area is 114 Å². The molecule has 1 aromatic carbocycles. The van der Waals surface area contributed by atoms with Crippen molar-refractivity contribution in [2.24, 2.45) is 5.92 Å². The molecule has 0 bridgehead atoms. The SMILES string of the molecule is CC(C)CCOC(C)C(=O)Nc1ccc(C#N)cc1. The van der Waals surface area contributed by atoms with E-state index in [1.165, 1.54) is 0 Å². The van der Waals surface area contributed by atoms with Crippen LogP contribution in [0, 0.1) is 17.2 Å². The van der Waals surface area contributed by atoms with Gasteiger partial charge in [-0.15, -0.1) is 0 Å². The number of anilines is 1. The van der Waals surface area contributed by atoms with Crippen LogP contribution >= 0.6 is 0 Å². The fourth-order valence-electron chi connectivity index (χ4n) is 1.43. The second-order valence-corrected chi connectivity index (χ2v) is 4.87. The predicted molar refractivity (Wildman–Crippen MR) is 74.7 cm³/mol. The number of carbonyl (C=O) groups is 1. The highest BCUT2D eigenvalue weighted by molar-refractivity contribution is 5.93. The molecular weight excluding hydrogens is 240 g/mol. The van der Waals surface area contributed by atoms with Crippen LogP contribution in [0.2, 0.25) is 0 Å². The van der Waals surface area contributed by atoms with Crippen LogP contribution in [0.4, 0.5) is 5.69 Å². The lowest BCUT2D eigenvalue weighted by molar-refractivity contribution is -0.126. The number of nitrogens with zero attached hydrogens (tertiary/aromatic N) is 1. The predicted octanol–water partition coefficient (Wildman–Crippen LogP) is 2.95. The van der Waals surface area contributed by atoms with Gasteiger partial charge in [-0.3, -0.25) is 4.79 Å². The van der Waals surface area contributed by atoms with E-state index >= 15 is 0 Å². The smallest absolute Gasteiger partial charge is 0.253 e. The maximum absolute atomic E-state index is 11.8. The van der Waals surface area contributed by atoms with Crippen molar-refractivity contribution in [2.75, 3.05) is 11.9 Å². The number of nitrogens with one attached hydrogen (secondary N) is 1. The van der Waals surface area contributed by atoms with E-state index in [1.807, 2.05) is 6.07 Å². The Kier molecular flexibility index (Phi) is 6.04. The highest BCUT2D eigenvalue weighted by Crippen LogP contribution is 2.10. The molecule has 1 amide bonds. The Morgan fingerprint density at radius 2 is 1.95 bits per heavy atom. The Morgan fingerprint density at radius 3 is 2.47 bits per heavy atom. The largest absolute Gasteiger partial charge is 0.369 e. The van der Waals surface area contributed by atoms with Crippen LogP contribution in [-0.4, -0.2) is 18.6 Å². The Bertz CT molecular complexity index is 446. The number of nitriles is 1. The van der Waals surface area contributed by atoms with E-state index in [9.17, 15) is 4.79 Å². The number of amides is 1. The lowest BCUT2D eigenvalue weighted by Gasteiger charge is -2.14. The fraction of sp³-hybridized carbons (Fsp3) is 0.467. The second kappa shape index (κ2) is 7.55. The highest BCUT2D eigenvalue weighted by atomic mass is 16.5. The maximum atomic E-state index is 11.8. The molecule has 0 fully saturated rings. The number of benzene rings is 1. The number of rotatable bonds is 6. The van der Waals surface area contributed by atoms with Crippen molar-refractivity contribution in [2.45, 2.75) is 33.3 Å². The molecular formula is C15H20N2O2. The first-order valence-corrected chi connectivity index (χ1v) is 6.45. The molecule has 1 rings (SSSR count). The minimum absolute atomic E-state index is 0.173. The van der Waals surface area contributed by atoms with Gasteiger partial charge in [0.25, 0.3) is 5.91 Å². The Balaban J connectivity index is 2.42. The molecule has 1 atom stereocenters. The minimum atomic E-state index is -0.477. The summed E-state index contributed by atoms with van der Waals surface area (Å²) in [6.45, 7) is 6.55. The van der Waals surface area contributed by atoms with Gasteiger partial charge in [0.1, 0.15) is 6.10 Å². The second-order valence-electron chi connectivity index (χ2n) is 4.87. The van der Waals surface area contributed by atoms with Gasteiger partial charge in [0.05, 0.1) is 11.6 Å². The molecule has 4 heteroatoms. The van der Waals surface area contributed by atoms with Crippen LogP contribution in [0.5, 0.6) is 0 Å². The van der Waals surface area contributed by atoms with Crippen LogP contribution in [0.3, 0.4) is 0 Å². The van der Waals surface area contributed by atoms with Crippen LogP contribution in [0.1, 0.15) is 32.8 Å². The summed E-state index contributed by atoms with van der Waals surface area (Å²) >= 11 is 0. The average molecular weight is 260 g/mol. The summed E-state index contributed by atoms with van der Waals surface area (Å²) in [5.74, 6) is 0.391. The summed E-state index contributed by atoms with van der Waals surface area (Å²) in [5, 5.41) is 11.4. The third kappa shape index (κ3) is 5.54. The van der Waals surface area contributed by atoms with Gasteiger partial charge < -0.3 is 10.1 Å². The molecule has 0 spiro atoms. The van der Waals surface area contributed by atoms with Gasteiger partial charge in [0.15, 0.2) is 0 Å². The summed E-state index contributed by atoms with van der Waals surface area (Å²) < 4.78 is 5.47. The molecule has 1 unspecified atom stereocenters. The third-order valence-corrected chi connectivity index (χ3v) is 2.71. The standard InChI is InChI=1S/C15H20N2O2/c1-11(2)8-9-19-12(3)15(18)17-14-6-4-13(10-16)5-7-14/h4-7,11-12H,8-9H2,1-3H3,(H,17,18). The molecule has 4 nitrogen and oxygen atoms in total. The van der Waals surface area contributed by atoms with Gasteiger partial charge in [-0.1, -0.05) is 13.8 Å². The van der Waals surface area contributed by atoms with E-state index in [-0.39, 0.29) is 5.91 Å². The van der Waals surface area contributed by atoms with Crippen molar-refractivity contribution in [3.05, 3.63) is 29.8 Å². The Hall–Kier alpha value is -1.86. The van der Waals surface area contributed by atoms with Crippen molar-refractivity contribution in [3.8, 4) is 6.07 Å². The number of ether oxygens (including phenoxy) is 1. The Morgan fingerprint density at radius 1 is 1.32 bits per heavy atom. The molecule has 19 heavy (non-hydrogen) atoms. The van der Waals surface area contributed by atoms with E-state index in [0.717, 1.165) is 6.42 Å². The molecule has 102 valence electrons. The summed E-state index contributed by atoms with van der Waals surface area (Å²) in [7, 11) is 0. The molecule has 0 heterocycles. The normalized spacial score (nSPS) is 11.9. The van der Waals surface area contributed by atoms with Gasteiger partial charge in [-0.05, 0) is 43.5 Å². The maximum Gasteiger partial charge on any atom is 0.253 e. The van der Waals surface area contributed by atoms with Gasteiger partial charge in [-0.2, -0.15) is 5.26 Å². The summed E-state index contributed by atoms with van der Waals surface area (Å²) in [5.41, 5.74) is 1.24. The molecule has 0 saturated heterocycles. The van der Waals surface area contributed by atoms with Gasteiger partial charge in [-0.25, -0.2) is 0 Å². The molecule has 1 aromatic rings. The summed E-state index contributed by atoms with van der Waals surface area (Å²) in [4.78, 5) is 11.8. The molecule has 1 N–H and O–H groups in total. The quantitative estimate of drug-likeness (QED) is 0.855. The average Bonchev–Trinajstić information content (AvgIpc) is 2.39. The van der Waals surface area contributed by atoms with Gasteiger partial charge in [0, 0.05) is 12.3 Å². The number of hydrogen-bond acceptors (Lipinski definition) is 3. The number of carbonyl (C=O) groups excluding carboxylic acids is 1. The first kappa shape index (κ1) is 15.2. The summed E-state index contributed by atoms with van der Waals surface area (Å²) in [6, 6.07) is 8.78. The van der Waals surface area contributed by atoms with E-state index < -0.39 is 6.10 Å². The van der Waals surface area contributed by atoms with E-state index in [1.54, 1.807) is 31.2 Å². The van der Waals surface area contributed by atoms with E-state index in [0.29, 0.717) is 23.8 Å². The monoisotopic (exact) mass is 260 g/mol. The molecule has 0 aliphatic rings. The zero-order valence-corrected chi connectivity index (χ0v) is 11.6. The highest BCUT2D eigenvalue weighted by Gasteiger charge is 2.13. The molecule has 0 aliphatic heterocycles. The van der Waals surface area contributed by atoms with Gasteiger partial charge >= 0.3 is 0 Å². The first-order chi connectivity index (χ1) is 9.02. The lowest BCUT2D eigenvalue weighted by atomic mass is 10.1. The summed E-state index contributed by atoms with van der Waals surface area (Å²) in [6.07, 6.45) is 0.462. The van der Waals surface area contributed by atoms with Crippen LogP contribution in [0.25, 0.3) is 0 Å². The van der Waals surface area contributed by atoms with Crippen LogP contribution in [0.15, 0.2) is 24.3 Å². The molecule has 0 radical (unpaired) electrons. The first-order valence-electron chi connectivity index (χ1n) is 6.45. The van der Waals surface area contributed by atoms with Crippen molar-refractivity contribution in [3.63, 3.8) is 0 Å². The van der Waals surface area contributed by atoms with Crippen molar-refractivity contribution in [1.29, 1.82) is 5.26 Å².